The van der Waals surface area contributed by atoms with Gasteiger partial charge in [-0.2, -0.15) is 0 Å². The molecule has 1 fully saturated rings. The van der Waals surface area contributed by atoms with Crippen molar-refractivity contribution >= 4 is 5.97 Å². The Kier molecular flexibility index (Phi) is 5.62. The molecule has 1 aliphatic heterocycles. The van der Waals surface area contributed by atoms with E-state index in [1.165, 1.54) is 12.8 Å². The van der Waals surface area contributed by atoms with Crippen molar-refractivity contribution in [3.63, 3.8) is 0 Å². The van der Waals surface area contributed by atoms with Gasteiger partial charge in [-0.3, -0.25) is 4.90 Å². The summed E-state index contributed by atoms with van der Waals surface area (Å²) in [6.45, 7) is 8.40. The number of piperidine rings is 1. The molecule has 0 aromatic heterocycles. The van der Waals surface area contributed by atoms with E-state index in [4.69, 9.17) is 9.84 Å². The highest BCUT2D eigenvalue weighted by molar-refractivity contribution is 5.87. The van der Waals surface area contributed by atoms with Gasteiger partial charge in [0.15, 0.2) is 0 Å². The highest BCUT2D eigenvalue weighted by Gasteiger charge is 2.21. The van der Waals surface area contributed by atoms with E-state index >= 15 is 0 Å². The minimum atomic E-state index is -0.920. The highest BCUT2D eigenvalue weighted by Crippen LogP contribution is 2.24. The lowest BCUT2D eigenvalue weighted by molar-refractivity contribution is 0.0696. The molecule has 4 heteroatoms. The molecular weight excluding hydrogens is 266 g/mol. The molecule has 0 radical (unpaired) electrons. The maximum Gasteiger partial charge on any atom is 0.335 e. The third-order valence-electron chi connectivity index (χ3n) is 4.33. The van der Waals surface area contributed by atoms with E-state index in [1.807, 2.05) is 0 Å². The van der Waals surface area contributed by atoms with Gasteiger partial charge in [0, 0.05) is 6.54 Å². The minimum Gasteiger partial charge on any atom is -0.492 e. The summed E-state index contributed by atoms with van der Waals surface area (Å²) >= 11 is 0. The zero-order valence-corrected chi connectivity index (χ0v) is 12.9. The summed E-state index contributed by atoms with van der Waals surface area (Å²) in [6.07, 6.45) is 2.54. The van der Waals surface area contributed by atoms with Crippen LogP contribution in [0, 0.1) is 11.8 Å². The summed E-state index contributed by atoms with van der Waals surface area (Å²) in [5.41, 5.74) is 0.269. The van der Waals surface area contributed by atoms with Crippen molar-refractivity contribution in [2.75, 3.05) is 26.2 Å². The minimum absolute atomic E-state index is 0.269. The second kappa shape index (κ2) is 7.46. The molecular formula is C17H25NO3. The number of rotatable bonds is 6. The van der Waals surface area contributed by atoms with Crippen LogP contribution in [-0.4, -0.2) is 42.2 Å². The lowest BCUT2D eigenvalue weighted by Crippen LogP contribution is -2.37. The summed E-state index contributed by atoms with van der Waals surface area (Å²) in [7, 11) is 0. The highest BCUT2D eigenvalue weighted by atomic mass is 16.5. The van der Waals surface area contributed by atoms with Crippen LogP contribution in [0.1, 0.15) is 37.0 Å². The van der Waals surface area contributed by atoms with E-state index in [1.54, 1.807) is 24.3 Å². The molecule has 4 nitrogen and oxygen atoms in total. The first-order chi connectivity index (χ1) is 10.1. The second-order valence-corrected chi connectivity index (χ2v) is 6.10. The fourth-order valence-corrected chi connectivity index (χ4v) is 2.85. The van der Waals surface area contributed by atoms with Crippen LogP contribution in [0.5, 0.6) is 5.75 Å². The lowest BCUT2D eigenvalue weighted by atomic mass is 9.87. The predicted molar refractivity (Wildman–Crippen MR) is 82.9 cm³/mol. The van der Waals surface area contributed by atoms with Gasteiger partial charge in [0.2, 0.25) is 0 Å². The van der Waals surface area contributed by atoms with Gasteiger partial charge in [0.05, 0.1) is 5.56 Å². The Hall–Kier alpha value is -1.55. The Morgan fingerprint density at radius 1 is 1.38 bits per heavy atom. The normalized spacial score (nSPS) is 17.1. The fourth-order valence-electron chi connectivity index (χ4n) is 2.85. The largest absolute Gasteiger partial charge is 0.492 e. The topological polar surface area (TPSA) is 49.8 Å². The van der Waals surface area contributed by atoms with Crippen LogP contribution >= 0.6 is 0 Å². The number of hydrogen-bond donors (Lipinski definition) is 1. The number of hydrogen-bond acceptors (Lipinski definition) is 3. The standard InChI is InChI=1S/C17H25NO3/c1-13(2)14-6-8-18(9-7-14)10-11-21-16-5-3-4-15(12-16)17(19)20/h3-5,12-14H,6-11H2,1-2H3,(H,19,20). The molecule has 0 spiro atoms. The number of carbonyl (C=O) groups is 1. The zero-order valence-electron chi connectivity index (χ0n) is 12.9. The average Bonchev–Trinajstić information content (AvgIpc) is 2.48. The maximum absolute atomic E-state index is 10.9. The Labute approximate surface area is 126 Å². The SMILES string of the molecule is CC(C)C1CCN(CCOc2cccc(C(=O)O)c2)CC1. The number of benzene rings is 1. The van der Waals surface area contributed by atoms with E-state index in [2.05, 4.69) is 18.7 Å². The number of carboxylic acid groups (broad SMARTS) is 1. The van der Waals surface area contributed by atoms with Crippen molar-refractivity contribution in [2.45, 2.75) is 26.7 Å². The Morgan fingerprint density at radius 3 is 2.71 bits per heavy atom. The van der Waals surface area contributed by atoms with Crippen molar-refractivity contribution in [2.24, 2.45) is 11.8 Å². The molecule has 1 aliphatic rings. The maximum atomic E-state index is 10.9. The Morgan fingerprint density at radius 2 is 2.10 bits per heavy atom. The average molecular weight is 291 g/mol. The summed E-state index contributed by atoms with van der Waals surface area (Å²) < 4.78 is 5.67. The van der Waals surface area contributed by atoms with Gasteiger partial charge < -0.3 is 9.84 Å². The van der Waals surface area contributed by atoms with Crippen LogP contribution in [-0.2, 0) is 0 Å². The third kappa shape index (κ3) is 4.74. The molecule has 0 bridgehead atoms. The molecule has 1 aromatic rings. The molecule has 21 heavy (non-hydrogen) atoms. The van der Waals surface area contributed by atoms with E-state index in [-0.39, 0.29) is 5.56 Å². The predicted octanol–water partition coefficient (Wildman–Crippen LogP) is 3.13. The summed E-state index contributed by atoms with van der Waals surface area (Å²) in [6, 6.07) is 6.67. The summed E-state index contributed by atoms with van der Waals surface area (Å²) in [5.74, 6) is 1.35. The van der Waals surface area contributed by atoms with Gasteiger partial charge in [-0.1, -0.05) is 19.9 Å². The lowest BCUT2D eigenvalue weighted by Gasteiger charge is -2.33. The van der Waals surface area contributed by atoms with Crippen LogP contribution in [0.2, 0.25) is 0 Å². The molecule has 2 rings (SSSR count). The molecule has 1 heterocycles. The quantitative estimate of drug-likeness (QED) is 0.875. The van der Waals surface area contributed by atoms with Gasteiger partial charge >= 0.3 is 5.97 Å². The second-order valence-electron chi connectivity index (χ2n) is 6.10. The zero-order chi connectivity index (χ0) is 15.2. The number of ether oxygens (including phenoxy) is 1. The van der Waals surface area contributed by atoms with E-state index < -0.39 is 5.97 Å². The number of likely N-dealkylation sites (tertiary alicyclic amines) is 1. The van der Waals surface area contributed by atoms with Crippen LogP contribution in [0.3, 0.4) is 0 Å². The van der Waals surface area contributed by atoms with Crippen molar-refractivity contribution in [3.05, 3.63) is 29.8 Å². The van der Waals surface area contributed by atoms with Crippen LogP contribution in [0.25, 0.3) is 0 Å². The van der Waals surface area contributed by atoms with Crippen LogP contribution in [0.15, 0.2) is 24.3 Å². The van der Waals surface area contributed by atoms with Gasteiger partial charge in [-0.25, -0.2) is 4.79 Å². The molecule has 1 aromatic carbocycles. The smallest absolute Gasteiger partial charge is 0.335 e. The first-order valence-electron chi connectivity index (χ1n) is 7.75. The molecule has 0 saturated carbocycles. The first-order valence-corrected chi connectivity index (χ1v) is 7.75. The van der Waals surface area contributed by atoms with Gasteiger partial charge in [0.1, 0.15) is 12.4 Å². The van der Waals surface area contributed by atoms with Gasteiger partial charge in [-0.05, 0) is 56.0 Å². The van der Waals surface area contributed by atoms with Crippen molar-refractivity contribution in [1.29, 1.82) is 0 Å². The first kappa shape index (κ1) is 15.8. The van der Waals surface area contributed by atoms with Crippen molar-refractivity contribution < 1.29 is 14.6 Å². The van der Waals surface area contributed by atoms with E-state index in [0.717, 1.165) is 31.5 Å². The Balaban J connectivity index is 1.73. The number of aromatic carboxylic acids is 1. The van der Waals surface area contributed by atoms with Crippen LogP contribution in [0.4, 0.5) is 0 Å². The molecule has 0 atom stereocenters. The molecule has 1 saturated heterocycles. The molecule has 116 valence electrons. The van der Waals surface area contributed by atoms with Gasteiger partial charge in [-0.15, -0.1) is 0 Å². The van der Waals surface area contributed by atoms with Crippen LogP contribution < -0.4 is 4.74 Å². The van der Waals surface area contributed by atoms with Gasteiger partial charge in [0.25, 0.3) is 0 Å². The fraction of sp³-hybridized carbons (Fsp3) is 0.588. The third-order valence-corrected chi connectivity index (χ3v) is 4.33. The molecule has 1 N–H and O–H groups in total. The van der Waals surface area contributed by atoms with E-state index in [9.17, 15) is 4.79 Å². The summed E-state index contributed by atoms with van der Waals surface area (Å²) in [4.78, 5) is 13.3. The van der Waals surface area contributed by atoms with E-state index in [0.29, 0.717) is 12.4 Å². The monoisotopic (exact) mass is 291 g/mol. The molecule has 0 amide bonds. The molecule has 0 unspecified atom stereocenters. The number of nitrogens with zero attached hydrogens (tertiary/aromatic N) is 1. The van der Waals surface area contributed by atoms with Crippen molar-refractivity contribution in [1.82, 2.24) is 4.90 Å². The summed E-state index contributed by atoms with van der Waals surface area (Å²) in [5, 5.41) is 8.94. The number of carboxylic acids is 1. The Bertz CT molecular complexity index is 465. The molecule has 0 aliphatic carbocycles. The van der Waals surface area contributed by atoms with Crippen molar-refractivity contribution in [3.8, 4) is 5.75 Å².